The summed E-state index contributed by atoms with van der Waals surface area (Å²) in [6.07, 6.45) is 8.18. The molecule has 0 fully saturated rings. The molecular formula is C17H12O. The molecule has 1 nitrogen and oxygen atoms in total. The molecule has 0 saturated carbocycles. The molecule has 0 saturated heterocycles. The van der Waals surface area contributed by atoms with Crippen LogP contribution >= 0.6 is 0 Å². The maximum Gasteiger partial charge on any atom is 0.170 e. The summed E-state index contributed by atoms with van der Waals surface area (Å²) in [7, 11) is 0. The summed E-state index contributed by atoms with van der Waals surface area (Å²) >= 11 is 0. The minimum absolute atomic E-state index is 0.0156. The predicted octanol–water partition coefficient (Wildman–Crippen LogP) is 3.86. The Morgan fingerprint density at radius 2 is 1.50 bits per heavy atom. The first kappa shape index (κ1) is 9.84. The van der Waals surface area contributed by atoms with Gasteiger partial charge >= 0.3 is 0 Å². The van der Waals surface area contributed by atoms with Crippen molar-refractivity contribution in [1.29, 1.82) is 0 Å². The van der Waals surface area contributed by atoms with Gasteiger partial charge in [-0.1, -0.05) is 48.6 Å². The topological polar surface area (TPSA) is 17.1 Å². The van der Waals surface area contributed by atoms with Gasteiger partial charge in [0.05, 0.1) is 5.92 Å². The number of hydrogen-bond donors (Lipinski definition) is 0. The van der Waals surface area contributed by atoms with E-state index < -0.39 is 0 Å². The Morgan fingerprint density at radius 3 is 2.28 bits per heavy atom. The first-order valence-corrected chi connectivity index (χ1v) is 6.26. The van der Waals surface area contributed by atoms with E-state index in [-0.39, 0.29) is 17.6 Å². The number of allylic oxidation sites excluding steroid dienone is 4. The van der Waals surface area contributed by atoms with E-state index >= 15 is 0 Å². The van der Waals surface area contributed by atoms with Crippen molar-refractivity contribution in [1.82, 2.24) is 0 Å². The van der Waals surface area contributed by atoms with Gasteiger partial charge in [-0.25, -0.2) is 0 Å². The fourth-order valence-corrected chi connectivity index (χ4v) is 3.08. The summed E-state index contributed by atoms with van der Waals surface area (Å²) in [6.45, 7) is 0. The average molecular weight is 232 g/mol. The molecule has 0 bridgehead atoms. The number of Topliss-reactive ketones (excluding diaryl/α,β-unsaturated/α-hetero) is 1. The van der Waals surface area contributed by atoms with Crippen LogP contribution in [0.1, 0.15) is 21.8 Å². The third-order valence-corrected chi connectivity index (χ3v) is 3.98. The van der Waals surface area contributed by atoms with Gasteiger partial charge < -0.3 is 0 Å². The highest BCUT2D eigenvalue weighted by Crippen LogP contribution is 2.42. The summed E-state index contributed by atoms with van der Waals surface area (Å²) in [5, 5.41) is 2.36. The molecule has 1 heteroatoms. The van der Waals surface area contributed by atoms with E-state index in [0.717, 1.165) is 10.9 Å². The number of carbonyl (C=O) groups excluding carboxylic acids is 1. The van der Waals surface area contributed by atoms with Gasteiger partial charge in [0.1, 0.15) is 0 Å². The lowest BCUT2D eigenvalue weighted by Gasteiger charge is -2.14. The van der Waals surface area contributed by atoms with Crippen LogP contribution < -0.4 is 0 Å². The van der Waals surface area contributed by atoms with Crippen LogP contribution in [0.3, 0.4) is 0 Å². The molecule has 0 aromatic heterocycles. The van der Waals surface area contributed by atoms with Gasteiger partial charge in [0.2, 0.25) is 0 Å². The highest BCUT2D eigenvalue weighted by molar-refractivity contribution is 6.07. The molecule has 0 aliphatic heterocycles. The normalized spacial score (nSPS) is 24.3. The second kappa shape index (κ2) is 3.42. The second-order valence-corrected chi connectivity index (χ2v) is 4.97. The number of hydrogen-bond acceptors (Lipinski definition) is 1. The van der Waals surface area contributed by atoms with Crippen molar-refractivity contribution in [2.45, 2.75) is 5.92 Å². The minimum atomic E-state index is 0.0156. The zero-order valence-corrected chi connectivity index (χ0v) is 9.84. The van der Waals surface area contributed by atoms with Crippen molar-refractivity contribution in [3.8, 4) is 0 Å². The van der Waals surface area contributed by atoms with Crippen molar-refractivity contribution in [2.75, 3.05) is 0 Å². The molecule has 2 atom stereocenters. The SMILES string of the molecule is O=C1c2cc3ccccc3cc2C2C=CC=CC12. The second-order valence-electron chi connectivity index (χ2n) is 4.97. The number of fused-ring (bicyclic) bond motifs is 4. The minimum Gasteiger partial charge on any atom is -0.293 e. The molecule has 2 unspecified atom stereocenters. The molecule has 0 amide bonds. The predicted molar refractivity (Wildman–Crippen MR) is 72.8 cm³/mol. The molecule has 2 aromatic rings. The van der Waals surface area contributed by atoms with Crippen LogP contribution in [0, 0.1) is 5.92 Å². The highest BCUT2D eigenvalue weighted by atomic mass is 16.1. The summed E-state index contributed by atoms with van der Waals surface area (Å²) in [5.74, 6) is 0.519. The molecule has 86 valence electrons. The van der Waals surface area contributed by atoms with Crippen molar-refractivity contribution < 1.29 is 4.79 Å². The van der Waals surface area contributed by atoms with Gasteiger partial charge in [0.15, 0.2) is 5.78 Å². The van der Waals surface area contributed by atoms with Gasteiger partial charge in [-0.2, -0.15) is 0 Å². The van der Waals surface area contributed by atoms with Gasteiger partial charge in [-0.3, -0.25) is 4.79 Å². The van der Waals surface area contributed by atoms with E-state index in [0.29, 0.717) is 0 Å². The smallest absolute Gasteiger partial charge is 0.170 e. The number of rotatable bonds is 0. The quantitative estimate of drug-likeness (QED) is 0.674. The van der Waals surface area contributed by atoms with E-state index in [1.54, 1.807) is 0 Å². The maximum atomic E-state index is 12.4. The first-order valence-electron chi connectivity index (χ1n) is 6.26. The summed E-state index contributed by atoms with van der Waals surface area (Å²) in [5.41, 5.74) is 2.09. The number of carbonyl (C=O) groups is 1. The Balaban J connectivity index is 2.02. The van der Waals surface area contributed by atoms with E-state index in [1.165, 1.54) is 10.9 Å². The lowest BCUT2D eigenvalue weighted by Crippen LogP contribution is -2.10. The summed E-state index contributed by atoms with van der Waals surface area (Å²) < 4.78 is 0. The van der Waals surface area contributed by atoms with E-state index in [1.807, 2.05) is 36.4 Å². The highest BCUT2D eigenvalue weighted by Gasteiger charge is 2.37. The Hall–Kier alpha value is -2.15. The molecular weight excluding hydrogens is 220 g/mol. The monoisotopic (exact) mass is 232 g/mol. The Morgan fingerprint density at radius 1 is 0.833 bits per heavy atom. The summed E-state index contributed by atoms with van der Waals surface area (Å²) in [6, 6.07) is 12.5. The molecule has 18 heavy (non-hydrogen) atoms. The van der Waals surface area contributed by atoms with Crippen molar-refractivity contribution >= 4 is 16.6 Å². The van der Waals surface area contributed by atoms with Crippen molar-refractivity contribution in [2.24, 2.45) is 5.92 Å². The Kier molecular flexibility index (Phi) is 1.87. The zero-order valence-electron chi connectivity index (χ0n) is 9.84. The average Bonchev–Trinajstić information content (AvgIpc) is 2.71. The van der Waals surface area contributed by atoms with Crippen LogP contribution in [0.25, 0.3) is 10.8 Å². The summed E-state index contributed by atoms with van der Waals surface area (Å²) in [4.78, 5) is 12.4. The maximum absolute atomic E-state index is 12.4. The van der Waals surface area contributed by atoms with Crippen molar-refractivity contribution in [3.05, 3.63) is 71.8 Å². The molecule has 0 heterocycles. The standard InChI is InChI=1S/C17H12O/c18-17-14-8-4-3-7-13(14)15-9-11-5-1-2-6-12(11)10-16(15)17/h1-10,13-14H. The third kappa shape index (κ3) is 1.19. The fraction of sp³-hybridized carbons (Fsp3) is 0.118. The fourth-order valence-electron chi connectivity index (χ4n) is 3.08. The van der Waals surface area contributed by atoms with Gasteiger partial charge in [0.25, 0.3) is 0 Å². The van der Waals surface area contributed by atoms with Crippen LogP contribution in [0.5, 0.6) is 0 Å². The van der Waals surface area contributed by atoms with Crippen LogP contribution in [0.15, 0.2) is 60.7 Å². The molecule has 0 N–H and O–H groups in total. The van der Waals surface area contributed by atoms with Gasteiger partial charge in [-0.15, -0.1) is 0 Å². The van der Waals surface area contributed by atoms with Crippen molar-refractivity contribution in [3.63, 3.8) is 0 Å². The Labute approximate surface area is 105 Å². The third-order valence-electron chi connectivity index (χ3n) is 3.98. The molecule has 2 aromatic carbocycles. The molecule has 2 aliphatic carbocycles. The van der Waals surface area contributed by atoms with E-state index in [4.69, 9.17) is 0 Å². The largest absolute Gasteiger partial charge is 0.293 e. The van der Waals surface area contributed by atoms with Crippen LogP contribution in [0.2, 0.25) is 0 Å². The Bertz CT molecular complexity index is 721. The van der Waals surface area contributed by atoms with Crippen LogP contribution in [-0.4, -0.2) is 5.78 Å². The number of benzene rings is 2. The molecule has 0 spiro atoms. The van der Waals surface area contributed by atoms with Crippen LogP contribution in [-0.2, 0) is 0 Å². The molecule has 4 rings (SSSR count). The van der Waals surface area contributed by atoms with E-state index in [9.17, 15) is 4.79 Å². The molecule has 2 aliphatic rings. The number of ketones is 1. The molecule has 0 radical (unpaired) electrons. The van der Waals surface area contributed by atoms with E-state index in [2.05, 4.69) is 24.3 Å². The lowest BCUT2D eigenvalue weighted by molar-refractivity contribution is 0.0955. The lowest BCUT2D eigenvalue weighted by atomic mass is 9.88. The zero-order chi connectivity index (χ0) is 12.1. The van der Waals surface area contributed by atoms with Crippen LogP contribution in [0.4, 0.5) is 0 Å². The first-order chi connectivity index (χ1) is 8.84. The van der Waals surface area contributed by atoms with Gasteiger partial charge in [0, 0.05) is 11.5 Å². The van der Waals surface area contributed by atoms with Gasteiger partial charge in [-0.05, 0) is 28.5 Å².